The fourth-order valence-corrected chi connectivity index (χ4v) is 11.4. The molecule has 5 heterocycles. The van der Waals surface area contributed by atoms with Crippen molar-refractivity contribution in [1.82, 2.24) is 30.2 Å². The number of aromatic nitrogens is 2. The molecule has 2 saturated carbocycles. The number of carbonyl (C=O) groups excluding carboxylic acids is 4. The molecule has 1 unspecified atom stereocenters. The Hall–Kier alpha value is -5.57. The number of aryl methyl sites for hydroxylation is 1. The van der Waals surface area contributed by atoms with Crippen LogP contribution in [0.4, 0.5) is 10.5 Å². The standard InChI is InChI=1S/C46H54BN7O10S2/c1-25(2)36-24-65-42(50-36)35-20-39(32-16-17-38(62-4)26(3)40(32)49-35)64-30-19-37-41(55)52-46(44(57)53-66(60,61)31-14-15-31)21-28(46)10-8-6-5-7-9-11-34(43(56)54(37)22-30)51-45(58)48-29-13-12-27-23-63-47(59)33(27)18-29/h8,10,12-13,16-18,20,24-25,28,30-31,34,37,59H,5-7,9,11,14-15,19,21-23H2,1-4H3,(H,52,55)(H,53,57)(H2,48,51,58)/b10-8-/t28-,30-,34+,37?,46-/m1/s1. The predicted molar refractivity (Wildman–Crippen MR) is 249 cm³/mol. The third kappa shape index (κ3) is 9.24. The summed E-state index contributed by atoms with van der Waals surface area (Å²) in [6, 6.07) is 7.66. The Morgan fingerprint density at radius 3 is 2.65 bits per heavy atom. The normalized spacial score (nSPS) is 24.9. The maximum absolute atomic E-state index is 15.0. The van der Waals surface area contributed by atoms with E-state index in [4.69, 9.17) is 24.1 Å². The Kier molecular flexibility index (Phi) is 12.6. The molecule has 17 nitrogen and oxygen atoms in total. The second-order valence-corrected chi connectivity index (χ2v) is 21.1. The van der Waals surface area contributed by atoms with Gasteiger partial charge in [0, 0.05) is 40.4 Å². The average Bonchev–Trinajstić information content (AvgIpc) is 4.10. The first kappa shape index (κ1) is 45.6. The van der Waals surface area contributed by atoms with Crippen LogP contribution in [-0.4, -0.2) is 102 Å². The maximum Gasteiger partial charge on any atom is 0.491 e. The van der Waals surface area contributed by atoms with Crippen LogP contribution in [0.25, 0.3) is 21.6 Å². The Balaban J connectivity index is 1.05. The van der Waals surface area contributed by atoms with Crippen molar-refractivity contribution in [2.45, 2.75) is 120 Å². The summed E-state index contributed by atoms with van der Waals surface area (Å²) in [6.45, 7) is 6.23. The van der Waals surface area contributed by atoms with Crippen LogP contribution < -0.4 is 35.6 Å². The van der Waals surface area contributed by atoms with Gasteiger partial charge in [0.1, 0.15) is 45.9 Å². The zero-order valence-electron chi connectivity index (χ0n) is 37.3. The quantitative estimate of drug-likeness (QED) is 0.109. The number of carbonyl (C=O) groups is 4. The third-order valence-electron chi connectivity index (χ3n) is 13.2. The van der Waals surface area contributed by atoms with Crippen molar-refractivity contribution in [2.75, 3.05) is 19.0 Å². The maximum atomic E-state index is 15.0. The van der Waals surface area contributed by atoms with Gasteiger partial charge in [-0.05, 0) is 86.7 Å². The Morgan fingerprint density at radius 1 is 1.08 bits per heavy atom. The molecule has 1 saturated heterocycles. The summed E-state index contributed by atoms with van der Waals surface area (Å²) in [7, 11) is -3.47. The molecule has 0 spiro atoms. The molecule has 0 radical (unpaired) electrons. The summed E-state index contributed by atoms with van der Waals surface area (Å²) in [5.74, 6) is -1.15. The zero-order chi connectivity index (χ0) is 46.5. The first-order chi connectivity index (χ1) is 31.6. The fourth-order valence-electron chi connectivity index (χ4n) is 9.12. The van der Waals surface area contributed by atoms with Crippen molar-refractivity contribution in [3.05, 3.63) is 70.8 Å². The summed E-state index contributed by atoms with van der Waals surface area (Å²) in [5, 5.41) is 21.6. The van der Waals surface area contributed by atoms with Gasteiger partial charge in [-0.15, -0.1) is 11.3 Å². The first-order valence-electron chi connectivity index (χ1n) is 22.6. The van der Waals surface area contributed by atoms with Gasteiger partial charge in [-0.3, -0.25) is 19.1 Å². The highest BCUT2D eigenvalue weighted by Crippen LogP contribution is 2.46. The highest BCUT2D eigenvalue weighted by atomic mass is 32.2. The van der Waals surface area contributed by atoms with Crippen LogP contribution in [0.3, 0.4) is 0 Å². The largest absolute Gasteiger partial charge is 0.496 e. The summed E-state index contributed by atoms with van der Waals surface area (Å²) in [6.07, 6.45) is 7.14. The van der Waals surface area contributed by atoms with E-state index in [0.717, 1.165) is 29.7 Å². The van der Waals surface area contributed by atoms with Crippen LogP contribution in [0, 0.1) is 12.8 Å². The number of methoxy groups -OCH3 is 1. The van der Waals surface area contributed by atoms with Crippen molar-refractivity contribution in [3.8, 4) is 22.2 Å². The summed E-state index contributed by atoms with van der Waals surface area (Å²) in [5.41, 5.74) is 3.09. The molecule has 3 aliphatic heterocycles. The number of hydrogen-bond donors (Lipinski definition) is 5. The lowest BCUT2D eigenvalue weighted by Gasteiger charge is -2.30. The molecule has 2 aliphatic carbocycles. The Bertz CT molecular complexity index is 2730. The molecule has 2 aromatic carbocycles. The minimum atomic E-state index is -3.94. The smallest absolute Gasteiger partial charge is 0.491 e. The second-order valence-electron chi connectivity index (χ2n) is 18.2. The number of benzene rings is 2. The number of sulfonamides is 1. The number of pyridine rings is 1. The summed E-state index contributed by atoms with van der Waals surface area (Å²) in [4.78, 5) is 68.7. The summed E-state index contributed by atoms with van der Waals surface area (Å²) < 4.78 is 46.1. The van der Waals surface area contributed by atoms with Gasteiger partial charge in [0.15, 0.2) is 0 Å². The molecule has 2 aromatic heterocycles. The molecule has 5 atom stereocenters. The van der Waals surface area contributed by atoms with E-state index < -0.39 is 75.8 Å². The van der Waals surface area contributed by atoms with Gasteiger partial charge < -0.3 is 40.0 Å². The van der Waals surface area contributed by atoms with Crippen LogP contribution in [0.1, 0.15) is 94.4 Å². The number of urea groups is 1. The van der Waals surface area contributed by atoms with Gasteiger partial charge in [-0.1, -0.05) is 44.9 Å². The Morgan fingerprint density at radius 2 is 1.89 bits per heavy atom. The molecule has 348 valence electrons. The van der Waals surface area contributed by atoms with Gasteiger partial charge in [0.2, 0.25) is 21.8 Å². The SMILES string of the molecule is COc1ccc2c(O[C@@H]3CC4C(=O)N[C@]5(C(=O)NS(=O)(=O)C6CC6)C[C@H]5/C=C\CCCCC[C@H](NC(=O)Nc5ccc6c(c5)B(O)OC6)C(=O)N4C3)cc(-c3nc(C(C)C)cs3)nc2c1C. The van der Waals surface area contributed by atoms with E-state index in [0.29, 0.717) is 69.9 Å². The first-order valence-corrected chi connectivity index (χ1v) is 25.0. The highest BCUT2D eigenvalue weighted by molar-refractivity contribution is 7.91. The lowest BCUT2D eigenvalue weighted by Crippen LogP contribution is -2.58. The van der Waals surface area contributed by atoms with E-state index in [1.165, 1.54) is 16.2 Å². The lowest BCUT2D eigenvalue weighted by atomic mass is 9.79. The summed E-state index contributed by atoms with van der Waals surface area (Å²) >= 11 is 1.47. The van der Waals surface area contributed by atoms with Crippen molar-refractivity contribution in [3.63, 3.8) is 0 Å². The molecule has 5 amide bonds. The van der Waals surface area contributed by atoms with E-state index in [1.807, 2.05) is 42.7 Å². The van der Waals surface area contributed by atoms with Crippen LogP contribution >= 0.6 is 11.3 Å². The molecule has 3 fully saturated rings. The average molecular weight is 940 g/mol. The topological polar surface area (TPSA) is 227 Å². The number of rotatable bonds is 10. The Labute approximate surface area is 387 Å². The number of thiazole rings is 1. The number of hydrogen-bond acceptors (Lipinski definition) is 13. The number of nitrogens with zero attached hydrogens (tertiary/aromatic N) is 3. The minimum absolute atomic E-state index is 0.0115. The van der Waals surface area contributed by atoms with E-state index in [-0.39, 0.29) is 38.3 Å². The molecule has 20 heteroatoms. The van der Waals surface area contributed by atoms with Crippen LogP contribution in [0.5, 0.6) is 11.5 Å². The van der Waals surface area contributed by atoms with Crippen molar-refractivity contribution in [2.24, 2.45) is 5.92 Å². The van der Waals surface area contributed by atoms with Gasteiger partial charge in [-0.2, -0.15) is 0 Å². The molecular formula is C46H54BN7O10S2. The molecule has 5 N–H and O–H groups in total. The van der Waals surface area contributed by atoms with Gasteiger partial charge in [0.05, 0.1) is 36.7 Å². The van der Waals surface area contributed by atoms with E-state index in [9.17, 15) is 32.6 Å². The lowest BCUT2D eigenvalue weighted by molar-refractivity contribution is -0.141. The number of amides is 5. The fraction of sp³-hybridized carbons (Fsp3) is 0.478. The van der Waals surface area contributed by atoms with Crippen molar-refractivity contribution in [1.29, 1.82) is 0 Å². The predicted octanol–water partition coefficient (Wildman–Crippen LogP) is 4.56. The highest BCUT2D eigenvalue weighted by Gasteiger charge is 2.62. The van der Waals surface area contributed by atoms with E-state index >= 15 is 0 Å². The van der Waals surface area contributed by atoms with Crippen molar-refractivity contribution >= 4 is 74.3 Å². The molecule has 0 bridgehead atoms. The minimum Gasteiger partial charge on any atom is -0.496 e. The third-order valence-corrected chi connectivity index (χ3v) is 15.9. The van der Waals surface area contributed by atoms with E-state index in [1.54, 1.807) is 25.3 Å². The van der Waals surface area contributed by atoms with Gasteiger partial charge in [-0.25, -0.2) is 23.2 Å². The van der Waals surface area contributed by atoms with Gasteiger partial charge in [0.25, 0.3) is 5.91 Å². The molecule has 4 aromatic rings. The number of ether oxygens (including phenoxy) is 2. The second kappa shape index (κ2) is 18.3. The number of allylic oxidation sites excluding steroid dienone is 1. The molecule has 9 rings (SSSR count). The zero-order valence-corrected chi connectivity index (χ0v) is 38.9. The van der Waals surface area contributed by atoms with Crippen LogP contribution in [0.15, 0.2) is 53.9 Å². The van der Waals surface area contributed by atoms with E-state index in [2.05, 4.69) is 34.5 Å². The van der Waals surface area contributed by atoms with Crippen molar-refractivity contribution < 1.29 is 46.7 Å². The molecule has 66 heavy (non-hydrogen) atoms. The monoisotopic (exact) mass is 939 g/mol. The van der Waals surface area contributed by atoms with Crippen LogP contribution in [-0.2, 0) is 35.7 Å². The van der Waals surface area contributed by atoms with Crippen LogP contribution in [0.2, 0.25) is 0 Å². The van der Waals surface area contributed by atoms with Gasteiger partial charge >= 0.3 is 13.1 Å². The molecular weight excluding hydrogens is 885 g/mol. The number of anilines is 1. The number of nitrogens with one attached hydrogen (secondary N) is 4. The molecule has 5 aliphatic rings. The number of fused-ring (bicyclic) bond motifs is 4.